The number of aromatic nitrogens is 1. The van der Waals surface area contributed by atoms with Gasteiger partial charge in [-0.25, -0.2) is 0 Å². The van der Waals surface area contributed by atoms with Crippen molar-refractivity contribution in [2.75, 3.05) is 27.9 Å². The molecule has 0 amide bonds. The van der Waals surface area contributed by atoms with Crippen LogP contribution in [0.1, 0.15) is 36.1 Å². The van der Waals surface area contributed by atoms with Crippen LogP contribution in [-0.2, 0) is 9.53 Å². The molecule has 1 aromatic carbocycles. The standard InChI is InChI=1S/C20H25NO7/c1-6-28-17(23)10-13(18-14(22)7-11(2)21-20(18)24)12-8-15(25-3)19(27-5)16(9-12)26-4/h7-9,13H,6,10H2,1-5H3,(H2,21,22,24)/t13-/m1/s1. The van der Waals surface area contributed by atoms with Gasteiger partial charge in [0.05, 0.1) is 39.9 Å². The van der Waals surface area contributed by atoms with Gasteiger partial charge in [-0.05, 0) is 37.6 Å². The van der Waals surface area contributed by atoms with Gasteiger partial charge in [0.15, 0.2) is 11.5 Å². The van der Waals surface area contributed by atoms with Gasteiger partial charge < -0.3 is 29.0 Å². The van der Waals surface area contributed by atoms with Crippen molar-refractivity contribution in [3.8, 4) is 23.0 Å². The lowest BCUT2D eigenvalue weighted by Crippen LogP contribution is -2.21. The van der Waals surface area contributed by atoms with Crippen LogP contribution in [0.25, 0.3) is 0 Å². The summed E-state index contributed by atoms with van der Waals surface area (Å²) in [5.74, 6) is -0.366. The number of H-pyrrole nitrogens is 1. The Morgan fingerprint density at radius 1 is 1.11 bits per heavy atom. The molecular formula is C20H25NO7. The fourth-order valence-electron chi connectivity index (χ4n) is 3.09. The Balaban J connectivity index is 2.70. The van der Waals surface area contributed by atoms with E-state index >= 15 is 0 Å². The van der Waals surface area contributed by atoms with E-state index in [1.54, 1.807) is 26.0 Å². The molecule has 0 saturated heterocycles. The van der Waals surface area contributed by atoms with E-state index in [2.05, 4.69) is 4.98 Å². The molecule has 1 atom stereocenters. The van der Waals surface area contributed by atoms with Crippen molar-refractivity contribution in [1.29, 1.82) is 0 Å². The van der Waals surface area contributed by atoms with Crippen LogP contribution in [0, 0.1) is 6.92 Å². The normalized spacial score (nSPS) is 11.6. The molecule has 0 spiro atoms. The Morgan fingerprint density at radius 2 is 1.71 bits per heavy atom. The fourth-order valence-corrected chi connectivity index (χ4v) is 3.09. The number of esters is 1. The van der Waals surface area contributed by atoms with Gasteiger partial charge in [-0.2, -0.15) is 0 Å². The summed E-state index contributed by atoms with van der Waals surface area (Å²) in [6.45, 7) is 3.56. The third kappa shape index (κ3) is 4.39. The predicted octanol–water partition coefficient (Wildman–Crippen LogP) is 2.50. The van der Waals surface area contributed by atoms with Gasteiger partial charge in [-0.1, -0.05) is 0 Å². The van der Waals surface area contributed by atoms with Gasteiger partial charge in [0.1, 0.15) is 5.75 Å². The first-order valence-electron chi connectivity index (χ1n) is 8.74. The van der Waals surface area contributed by atoms with E-state index in [0.29, 0.717) is 28.5 Å². The molecule has 0 radical (unpaired) electrons. The van der Waals surface area contributed by atoms with Crippen LogP contribution < -0.4 is 19.8 Å². The van der Waals surface area contributed by atoms with Gasteiger partial charge in [-0.3, -0.25) is 9.59 Å². The maximum Gasteiger partial charge on any atom is 0.306 e. The van der Waals surface area contributed by atoms with Crippen molar-refractivity contribution in [3.63, 3.8) is 0 Å². The summed E-state index contributed by atoms with van der Waals surface area (Å²) in [5.41, 5.74) is 0.617. The molecule has 0 saturated carbocycles. The number of aromatic hydroxyl groups is 1. The van der Waals surface area contributed by atoms with E-state index in [1.165, 1.54) is 27.4 Å². The third-order valence-corrected chi connectivity index (χ3v) is 4.30. The number of aryl methyl sites for hydroxylation is 1. The molecule has 0 aliphatic heterocycles. The number of carbonyl (C=O) groups excluding carboxylic acids is 1. The lowest BCUT2D eigenvalue weighted by molar-refractivity contribution is -0.143. The fraction of sp³-hybridized carbons (Fsp3) is 0.400. The highest BCUT2D eigenvalue weighted by atomic mass is 16.5. The highest BCUT2D eigenvalue weighted by Crippen LogP contribution is 2.42. The molecule has 8 heteroatoms. The number of hydrogen-bond donors (Lipinski definition) is 2. The van der Waals surface area contributed by atoms with E-state index in [-0.39, 0.29) is 24.3 Å². The smallest absolute Gasteiger partial charge is 0.306 e. The molecule has 8 nitrogen and oxygen atoms in total. The minimum absolute atomic E-state index is 0.0629. The molecule has 0 aliphatic carbocycles. The summed E-state index contributed by atoms with van der Waals surface area (Å²) < 4.78 is 21.1. The molecule has 2 aromatic rings. The number of rotatable bonds is 8. The van der Waals surface area contributed by atoms with Crippen LogP contribution in [0.3, 0.4) is 0 Å². The number of methoxy groups -OCH3 is 3. The number of hydrogen-bond acceptors (Lipinski definition) is 7. The number of aromatic amines is 1. The number of pyridine rings is 1. The highest BCUT2D eigenvalue weighted by Gasteiger charge is 2.27. The first-order valence-corrected chi connectivity index (χ1v) is 8.74. The quantitative estimate of drug-likeness (QED) is 0.666. The summed E-state index contributed by atoms with van der Waals surface area (Å²) in [6, 6.07) is 4.72. The third-order valence-electron chi connectivity index (χ3n) is 4.30. The molecule has 2 rings (SSSR count). The van der Waals surface area contributed by atoms with E-state index < -0.39 is 17.4 Å². The number of nitrogens with one attached hydrogen (secondary N) is 1. The van der Waals surface area contributed by atoms with Crippen molar-refractivity contribution in [2.45, 2.75) is 26.2 Å². The molecule has 2 N–H and O–H groups in total. The SMILES string of the molecule is CCOC(=O)C[C@H](c1cc(OC)c(OC)c(OC)c1)c1c(O)cc(C)[nH]c1=O. The zero-order valence-electron chi connectivity index (χ0n) is 16.6. The molecule has 0 unspecified atom stereocenters. The zero-order chi connectivity index (χ0) is 20.8. The summed E-state index contributed by atoms with van der Waals surface area (Å²) in [6.07, 6.45) is -0.147. The summed E-state index contributed by atoms with van der Waals surface area (Å²) >= 11 is 0. The molecular weight excluding hydrogens is 366 g/mol. The molecule has 1 aromatic heterocycles. The second-order valence-electron chi connectivity index (χ2n) is 6.10. The van der Waals surface area contributed by atoms with Crippen molar-refractivity contribution >= 4 is 5.97 Å². The van der Waals surface area contributed by atoms with Gasteiger partial charge in [-0.15, -0.1) is 0 Å². The molecule has 28 heavy (non-hydrogen) atoms. The monoisotopic (exact) mass is 391 g/mol. The van der Waals surface area contributed by atoms with Crippen molar-refractivity contribution in [1.82, 2.24) is 4.98 Å². The maximum atomic E-state index is 12.6. The zero-order valence-corrected chi connectivity index (χ0v) is 16.6. The average molecular weight is 391 g/mol. The lowest BCUT2D eigenvalue weighted by Gasteiger charge is -2.21. The Labute approximate surface area is 163 Å². The molecule has 0 bridgehead atoms. The van der Waals surface area contributed by atoms with Gasteiger partial charge >= 0.3 is 5.97 Å². The summed E-state index contributed by atoms with van der Waals surface area (Å²) in [5, 5.41) is 10.4. The number of ether oxygens (including phenoxy) is 4. The first kappa shape index (κ1) is 21.1. The maximum absolute atomic E-state index is 12.6. The van der Waals surface area contributed by atoms with Crippen molar-refractivity contribution in [2.24, 2.45) is 0 Å². The van der Waals surface area contributed by atoms with Crippen LogP contribution >= 0.6 is 0 Å². The van der Waals surface area contributed by atoms with E-state index in [9.17, 15) is 14.7 Å². The van der Waals surface area contributed by atoms with E-state index in [4.69, 9.17) is 18.9 Å². The molecule has 0 aliphatic rings. The van der Waals surface area contributed by atoms with Gasteiger partial charge in [0.25, 0.3) is 5.56 Å². The number of benzene rings is 1. The first-order chi connectivity index (χ1) is 13.4. The second-order valence-corrected chi connectivity index (χ2v) is 6.10. The van der Waals surface area contributed by atoms with Crippen LogP contribution in [0.15, 0.2) is 23.0 Å². The Kier molecular flexibility index (Phi) is 6.92. The Morgan fingerprint density at radius 3 is 2.18 bits per heavy atom. The van der Waals surface area contributed by atoms with Crippen LogP contribution in [0.2, 0.25) is 0 Å². The summed E-state index contributed by atoms with van der Waals surface area (Å²) in [7, 11) is 4.42. The summed E-state index contributed by atoms with van der Waals surface area (Å²) in [4.78, 5) is 27.5. The molecule has 1 heterocycles. The lowest BCUT2D eigenvalue weighted by atomic mass is 9.88. The van der Waals surface area contributed by atoms with Crippen LogP contribution in [-0.4, -0.2) is 44.0 Å². The van der Waals surface area contributed by atoms with E-state index in [0.717, 1.165) is 0 Å². The number of carbonyl (C=O) groups is 1. The topological polar surface area (TPSA) is 107 Å². The largest absolute Gasteiger partial charge is 0.507 e. The Bertz CT molecular complexity index is 879. The predicted molar refractivity (Wildman–Crippen MR) is 103 cm³/mol. The molecule has 152 valence electrons. The average Bonchev–Trinajstić information content (AvgIpc) is 2.65. The minimum Gasteiger partial charge on any atom is -0.507 e. The van der Waals surface area contributed by atoms with Gasteiger partial charge in [0.2, 0.25) is 5.75 Å². The van der Waals surface area contributed by atoms with Crippen LogP contribution in [0.5, 0.6) is 23.0 Å². The Hall–Kier alpha value is -3.16. The van der Waals surface area contributed by atoms with E-state index in [1.807, 2.05) is 0 Å². The second kappa shape index (κ2) is 9.16. The minimum atomic E-state index is -0.780. The highest BCUT2D eigenvalue weighted by molar-refractivity contribution is 5.72. The van der Waals surface area contributed by atoms with Crippen molar-refractivity contribution < 1.29 is 28.8 Å². The van der Waals surface area contributed by atoms with Crippen LogP contribution in [0.4, 0.5) is 0 Å². The van der Waals surface area contributed by atoms with Gasteiger partial charge in [0, 0.05) is 11.6 Å². The molecule has 0 fully saturated rings. The van der Waals surface area contributed by atoms with Crippen molar-refractivity contribution in [3.05, 3.63) is 45.4 Å².